The van der Waals surface area contributed by atoms with Gasteiger partial charge in [0, 0.05) is 6.54 Å². The molecule has 0 radical (unpaired) electrons. The fourth-order valence-electron chi connectivity index (χ4n) is 2.25. The Balaban J connectivity index is 3.74. The normalized spacial score (nSPS) is 13.2. The summed E-state index contributed by atoms with van der Waals surface area (Å²) in [5.74, 6) is 0. The molecule has 2 nitrogen and oxygen atoms in total. The van der Waals surface area contributed by atoms with E-state index in [-0.39, 0.29) is 6.10 Å². The molecule has 110 valence electrons. The molecule has 0 heterocycles. The van der Waals surface area contributed by atoms with Crippen molar-refractivity contribution in [3.8, 4) is 0 Å². The van der Waals surface area contributed by atoms with Crippen LogP contribution in [0.2, 0.25) is 0 Å². The van der Waals surface area contributed by atoms with Crippen molar-refractivity contribution in [3.05, 3.63) is 0 Å². The van der Waals surface area contributed by atoms with E-state index >= 15 is 0 Å². The zero-order valence-electron chi connectivity index (χ0n) is 13.0. The monoisotopic (exact) mass is 257 g/mol. The Kier molecular flexibility index (Phi) is 13.3. The number of aliphatic hydroxyl groups excluding tert-OH is 1. The number of unbranched alkanes of at least 4 members (excludes halogenated alkanes) is 5. The van der Waals surface area contributed by atoms with Crippen LogP contribution in [0.5, 0.6) is 0 Å². The molecule has 1 unspecified atom stereocenters. The molecule has 0 bridgehead atoms. The Morgan fingerprint density at radius 3 is 1.83 bits per heavy atom. The Morgan fingerprint density at radius 1 is 0.778 bits per heavy atom. The van der Waals surface area contributed by atoms with Crippen molar-refractivity contribution in [2.75, 3.05) is 19.6 Å². The largest absolute Gasteiger partial charge is 0.392 e. The first-order valence-electron chi connectivity index (χ1n) is 8.14. The highest BCUT2D eigenvalue weighted by atomic mass is 16.3. The topological polar surface area (TPSA) is 23.5 Å². The molecule has 0 aliphatic rings. The second-order valence-corrected chi connectivity index (χ2v) is 5.51. The predicted octanol–water partition coefficient (Wildman–Crippen LogP) is 4.22. The Labute approximate surface area is 115 Å². The lowest BCUT2D eigenvalue weighted by atomic mass is 10.1. The third kappa shape index (κ3) is 11.0. The summed E-state index contributed by atoms with van der Waals surface area (Å²) >= 11 is 0. The maximum atomic E-state index is 10.1. The van der Waals surface area contributed by atoms with E-state index in [4.69, 9.17) is 0 Å². The van der Waals surface area contributed by atoms with Crippen LogP contribution < -0.4 is 0 Å². The number of hydrogen-bond donors (Lipinski definition) is 1. The van der Waals surface area contributed by atoms with Crippen LogP contribution in [0.25, 0.3) is 0 Å². The van der Waals surface area contributed by atoms with Gasteiger partial charge < -0.3 is 10.0 Å². The molecule has 0 aliphatic heterocycles. The van der Waals surface area contributed by atoms with E-state index in [2.05, 4.69) is 25.7 Å². The molecule has 0 aromatic carbocycles. The Morgan fingerprint density at radius 2 is 1.33 bits per heavy atom. The van der Waals surface area contributed by atoms with Gasteiger partial charge in [0.25, 0.3) is 0 Å². The molecule has 0 spiro atoms. The summed E-state index contributed by atoms with van der Waals surface area (Å²) in [7, 11) is 0. The second kappa shape index (κ2) is 13.4. The van der Waals surface area contributed by atoms with Gasteiger partial charge in [-0.05, 0) is 32.4 Å². The van der Waals surface area contributed by atoms with Gasteiger partial charge in [-0.3, -0.25) is 0 Å². The number of aliphatic hydroxyl groups is 1. The summed E-state index contributed by atoms with van der Waals surface area (Å²) < 4.78 is 0. The van der Waals surface area contributed by atoms with E-state index in [0.29, 0.717) is 0 Å². The average Bonchev–Trinajstić information content (AvgIpc) is 2.38. The molecule has 0 rings (SSSR count). The SMILES string of the molecule is CCCCCCC(O)CN(CCCC)CCCC. The summed E-state index contributed by atoms with van der Waals surface area (Å²) in [6.07, 6.45) is 10.9. The van der Waals surface area contributed by atoms with Gasteiger partial charge in [0.2, 0.25) is 0 Å². The van der Waals surface area contributed by atoms with Crippen LogP contribution in [0.3, 0.4) is 0 Å². The van der Waals surface area contributed by atoms with Crippen molar-refractivity contribution >= 4 is 0 Å². The van der Waals surface area contributed by atoms with Gasteiger partial charge in [-0.25, -0.2) is 0 Å². The fraction of sp³-hybridized carbons (Fsp3) is 1.00. The highest BCUT2D eigenvalue weighted by Crippen LogP contribution is 2.08. The lowest BCUT2D eigenvalue weighted by molar-refractivity contribution is 0.101. The van der Waals surface area contributed by atoms with Crippen LogP contribution in [0.4, 0.5) is 0 Å². The summed E-state index contributed by atoms with van der Waals surface area (Å²) in [6.45, 7) is 9.89. The molecule has 0 saturated heterocycles. The van der Waals surface area contributed by atoms with E-state index in [1.165, 1.54) is 51.4 Å². The molecule has 0 aliphatic carbocycles. The van der Waals surface area contributed by atoms with Crippen molar-refractivity contribution < 1.29 is 5.11 Å². The van der Waals surface area contributed by atoms with Gasteiger partial charge in [-0.15, -0.1) is 0 Å². The molecule has 2 heteroatoms. The minimum Gasteiger partial charge on any atom is -0.392 e. The molecular formula is C16H35NO. The maximum Gasteiger partial charge on any atom is 0.0667 e. The summed E-state index contributed by atoms with van der Waals surface area (Å²) in [4.78, 5) is 2.46. The van der Waals surface area contributed by atoms with Crippen LogP contribution in [0, 0.1) is 0 Å². The molecule has 18 heavy (non-hydrogen) atoms. The molecular weight excluding hydrogens is 222 g/mol. The van der Waals surface area contributed by atoms with E-state index in [1.54, 1.807) is 0 Å². The Bertz CT molecular complexity index is 153. The first kappa shape index (κ1) is 17.9. The minimum atomic E-state index is -0.115. The van der Waals surface area contributed by atoms with Gasteiger partial charge >= 0.3 is 0 Å². The lowest BCUT2D eigenvalue weighted by Crippen LogP contribution is -2.34. The zero-order chi connectivity index (χ0) is 13.6. The fourth-order valence-corrected chi connectivity index (χ4v) is 2.25. The first-order valence-corrected chi connectivity index (χ1v) is 8.14. The standard InChI is InChI=1S/C16H35NO/c1-4-7-10-11-12-16(18)15-17(13-8-5-2)14-9-6-3/h16,18H,4-15H2,1-3H3. The van der Waals surface area contributed by atoms with E-state index < -0.39 is 0 Å². The smallest absolute Gasteiger partial charge is 0.0667 e. The average molecular weight is 257 g/mol. The van der Waals surface area contributed by atoms with Crippen molar-refractivity contribution in [1.82, 2.24) is 4.90 Å². The molecule has 0 saturated carbocycles. The van der Waals surface area contributed by atoms with Crippen LogP contribution in [-0.4, -0.2) is 35.7 Å². The van der Waals surface area contributed by atoms with E-state index in [1.807, 2.05) is 0 Å². The van der Waals surface area contributed by atoms with Crippen LogP contribution in [0.1, 0.15) is 78.6 Å². The molecule has 0 fully saturated rings. The van der Waals surface area contributed by atoms with Crippen molar-refractivity contribution in [2.45, 2.75) is 84.7 Å². The van der Waals surface area contributed by atoms with E-state index in [0.717, 1.165) is 26.1 Å². The van der Waals surface area contributed by atoms with Gasteiger partial charge in [0.1, 0.15) is 0 Å². The molecule has 0 amide bonds. The highest BCUT2D eigenvalue weighted by molar-refractivity contribution is 4.65. The molecule has 1 N–H and O–H groups in total. The maximum absolute atomic E-state index is 10.1. The highest BCUT2D eigenvalue weighted by Gasteiger charge is 2.10. The number of hydrogen-bond acceptors (Lipinski definition) is 2. The van der Waals surface area contributed by atoms with Crippen LogP contribution >= 0.6 is 0 Å². The Hall–Kier alpha value is -0.0800. The third-order valence-electron chi connectivity index (χ3n) is 3.52. The number of rotatable bonds is 13. The molecule has 1 atom stereocenters. The molecule has 0 aromatic rings. The second-order valence-electron chi connectivity index (χ2n) is 5.51. The van der Waals surface area contributed by atoms with Crippen molar-refractivity contribution in [2.24, 2.45) is 0 Å². The van der Waals surface area contributed by atoms with Gasteiger partial charge in [0.15, 0.2) is 0 Å². The summed E-state index contributed by atoms with van der Waals surface area (Å²) in [6, 6.07) is 0. The quantitative estimate of drug-likeness (QED) is 0.499. The lowest BCUT2D eigenvalue weighted by Gasteiger charge is -2.24. The van der Waals surface area contributed by atoms with E-state index in [9.17, 15) is 5.11 Å². The molecule has 0 aromatic heterocycles. The van der Waals surface area contributed by atoms with Gasteiger partial charge in [-0.2, -0.15) is 0 Å². The van der Waals surface area contributed by atoms with Crippen molar-refractivity contribution in [1.29, 1.82) is 0 Å². The third-order valence-corrected chi connectivity index (χ3v) is 3.52. The summed E-state index contributed by atoms with van der Waals surface area (Å²) in [5, 5.41) is 10.1. The predicted molar refractivity (Wildman–Crippen MR) is 81.0 cm³/mol. The van der Waals surface area contributed by atoms with Gasteiger partial charge in [-0.1, -0.05) is 59.3 Å². The van der Waals surface area contributed by atoms with Crippen LogP contribution in [-0.2, 0) is 0 Å². The van der Waals surface area contributed by atoms with Gasteiger partial charge in [0.05, 0.1) is 6.10 Å². The number of nitrogens with zero attached hydrogens (tertiary/aromatic N) is 1. The van der Waals surface area contributed by atoms with Crippen LogP contribution in [0.15, 0.2) is 0 Å². The minimum absolute atomic E-state index is 0.115. The summed E-state index contributed by atoms with van der Waals surface area (Å²) in [5.41, 5.74) is 0. The first-order chi connectivity index (χ1) is 8.74. The van der Waals surface area contributed by atoms with Crippen molar-refractivity contribution in [3.63, 3.8) is 0 Å². The zero-order valence-corrected chi connectivity index (χ0v) is 13.0.